The fourth-order valence-corrected chi connectivity index (χ4v) is 2.81. The number of hydrogen-bond donors (Lipinski definition) is 3. The molecule has 0 unspecified atom stereocenters. The summed E-state index contributed by atoms with van der Waals surface area (Å²) in [7, 11) is 0. The van der Waals surface area contributed by atoms with Gasteiger partial charge >= 0.3 is 6.03 Å². The predicted molar refractivity (Wildman–Crippen MR) is 96.6 cm³/mol. The van der Waals surface area contributed by atoms with Crippen molar-refractivity contribution in [1.29, 1.82) is 0 Å². The average molecular weight is 343 g/mol. The molecule has 1 aromatic carbocycles. The Morgan fingerprint density at radius 1 is 1.32 bits per heavy atom. The number of aromatic nitrogens is 2. The van der Waals surface area contributed by atoms with Crippen molar-refractivity contribution in [2.45, 2.75) is 19.4 Å². The average Bonchev–Trinajstić information content (AvgIpc) is 3.17. The Bertz CT molecular complexity index is 651. The molecule has 134 valence electrons. The lowest BCUT2D eigenvalue weighted by Crippen LogP contribution is -2.37. The number of carbonyl (C=O) groups excluding carboxylic acids is 1. The maximum atomic E-state index is 12.1. The van der Waals surface area contributed by atoms with Gasteiger partial charge in [0.1, 0.15) is 0 Å². The van der Waals surface area contributed by atoms with Gasteiger partial charge in [0, 0.05) is 37.1 Å². The van der Waals surface area contributed by atoms with Crippen LogP contribution in [0.5, 0.6) is 0 Å². The van der Waals surface area contributed by atoms with Crippen molar-refractivity contribution in [2.75, 3.05) is 38.2 Å². The van der Waals surface area contributed by atoms with Gasteiger partial charge < -0.3 is 15.4 Å². The van der Waals surface area contributed by atoms with Crippen LogP contribution in [0.15, 0.2) is 36.7 Å². The van der Waals surface area contributed by atoms with E-state index in [4.69, 9.17) is 4.74 Å². The second-order valence-corrected chi connectivity index (χ2v) is 6.25. The summed E-state index contributed by atoms with van der Waals surface area (Å²) in [6.45, 7) is 6.63. The minimum absolute atomic E-state index is 0.105. The highest BCUT2D eigenvalue weighted by Crippen LogP contribution is 2.13. The normalized spacial score (nSPS) is 16.4. The van der Waals surface area contributed by atoms with Crippen LogP contribution in [0.3, 0.4) is 0 Å². The molecular weight excluding hydrogens is 318 g/mol. The van der Waals surface area contributed by atoms with E-state index in [9.17, 15) is 4.79 Å². The lowest BCUT2D eigenvalue weighted by molar-refractivity contribution is 0.0384. The van der Waals surface area contributed by atoms with E-state index in [-0.39, 0.29) is 12.1 Å². The van der Waals surface area contributed by atoms with E-state index in [1.807, 2.05) is 19.1 Å². The third-order valence-corrected chi connectivity index (χ3v) is 4.40. The molecule has 1 aliphatic rings. The van der Waals surface area contributed by atoms with Gasteiger partial charge in [-0.2, -0.15) is 5.10 Å². The summed E-state index contributed by atoms with van der Waals surface area (Å²) in [4.78, 5) is 14.5. The second kappa shape index (κ2) is 8.64. The number of ether oxygens (including phenoxy) is 1. The van der Waals surface area contributed by atoms with E-state index in [1.165, 1.54) is 5.56 Å². The van der Waals surface area contributed by atoms with E-state index >= 15 is 0 Å². The molecule has 3 N–H and O–H groups in total. The highest BCUT2D eigenvalue weighted by molar-refractivity contribution is 5.89. The molecule has 2 heterocycles. The summed E-state index contributed by atoms with van der Waals surface area (Å²) in [6.07, 6.45) is 4.48. The maximum absolute atomic E-state index is 12.1. The molecule has 3 rings (SSSR count). The Balaban J connectivity index is 1.44. The summed E-state index contributed by atoms with van der Waals surface area (Å²) < 4.78 is 5.36. The molecular formula is C18H25N5O2. The summed E-state index contributed by atoms with van der Waals surface area (Å²) in [5.41, 5.74) is 2.99. The van der Waals surface area contributed by atoms with Crippen molar-refractivity contribution in [3.8, 4) is 0 Å². The fourth-order valence-electron chi connectivity index (χ4n) is 2.81. The lowest BCUT2D eigenvalue weighted by Gasteiger charge is -2.26. The molecule has 0 aliphatic carbocycles. The first-order valence-electron chi connectivity index (χ1n) is 8.66. The number of nitrogens with zero attached hydrogens (tertiary/aromatic N) is 2. The van der Waals surface area contributed by atoms with Gasteiger partial charge in [-0.15, -0.1) is 0 Å². The van der Waals surface area contributed by atoms with Crippen molar-refractivity contribution in [1.82, 2.24) is 20.4 Å². The smallest absolute Gasteiger partial charge is 0.319 e. The lowest BCUT2D eigenvalue weighted by atomic mass is 10.1. The largest absolute Gasteiger partial charge is 0.379 e. The first kappa shape index (κ1) is 17.4. The van der Waals surface area contributed by atoms with Gasteiger partial charge in [0.2, 0.25) is 0 Å². The number of rotatable bonds is 6. The number of urea groups is 1. The zero-order valence-electron chi connectivity index (χ0n) is 14.5. The topological polar surface area (TPSA) is 82.3 Å². The van der Waals surface area contributed by atoms with Crippen LogP contribution >= 0.6 is 0 Å². The highest BCUT2D eigenvalue weighted by atomic mass is 16.5. The van der Waals surface area contributed by atoms with Crippen LogP contribution in [0.2, 0.25) is 0 Å². The van der Waals surface area contributed by atoms with E-state index in [2.05, 4.69) is 37.9 Å². The molecule has 0 bridgehead atoms. The van der Waals surface area contributed by atoms with Gasteiger partial charge in [0.25, 0.3) is 0 Å². The molecule has 1 aliphatic heterocycles. The molecule has 2 aromatic rings. The van der Waals surface area contributed by atoms with Crippen LogP contribution in [0.25, 0.3) is 0 Å². The summed E-state index contributed by atoms with van der Waals surface area (Å²) in [6, 6.07) is 7.68. The maximum Gasteiger partial charge on any atom is 0.319 e. The molecule has 0 spiro atoms. The van der Waals surface area contributed by atoms with Crippen LogP contribution in [0, 0.1) is 0 Å². The number of aromatic amines is 1. The first-order chi connectivity index (χ1) is 12.2. The summed E-state index contributed by atoms with van der Waals surface area (Å²) in [5.74, 6) is 0. The van der Waals surface area contributed by atoms with Gasteiger partial charge in [-0.3, -0.25) is 10.00 Å². The molecule has 1 fully saturated rings. The van der Waals surface area contributed by atoms with Gasteiger partial charge in [0.15, 0.2) is 0 Å². The van der Waals surface area contributed by atoms with Crippen molar-refractivity contribution in [3.05, 3.63) is 47.8 Å². The van der Waals surface area contributed by atoms with Crippen LogP contribution in [-0.2, 0) is 11.2 Å². The quantitative estimate of drug-likeness (QED) is 0.751. The number of carbonyl (C=O) groups is 1. The van der Waals surface area contributed by atoms with Crippen molar-refractivity contribution < 1.29 is 9.53 Å². The van der Waals surface area contributed by atoms with Crippen LogP contribution in [0.1, 0.15) is 24.1 Å². The van der Waals surface area contributed by atoms with E-state index in [0.29, 0.717) is 0 Å². The van der Waals surface area contributed by atoms with Gasteiger partial charge in [0.05, 0.1) is 25.5 Å². The third kappa shape index (κ3) is 5.30. The van der Waals surface area contributed by atoms with Crippen molar-refractivity contribution >= 4 is 11.7 Å². The molecule has 2 amide bonds. The number of hydrogen-bond acceptors (Lipinski definition) is 4. The summed E-state index contributed by atoms with van der Waals surface area (Å²) >= 11 is 0. The molecule has 0 radical (unpaired) electrons. The standard InChI is InChI=1S/C18H25N5O2/c1-14(16-12-19-20-13-16)21-18(24)22-17-4-2-15(3-5-17)6-7-23-8-10-25-11-9-23/h2-5,12-14H,6-11H2,1H3,(H,19,20)(H2,21,22,24)/t14-/m0/s1. The van der Waals surface area contributed by atoms with Gasteiger partial charge in [-0.05, 0) is 31.0 Å². The zero-order chi connectivity index (χ0) is 17.5. The van der Waals surface area contributed by atoms with Gasteiger partial charge in [-0.1, -0.05) is 12.1 Å². The van der Waals surface area contributed by atoms with Crippen molar-refractivity contribution in [2.24, 2.45) is 0 Å². The molecule has 7 heteroatoms. The molecule has 7 nitrogen and oxygen atoms in total. The Hall–Kier alpha value is -2.38. The second-order valence-electron chi connectivity index (χ2n) is 6.25. The monoisotopic (exact) mass is 343 g/mol. The minimum atomic E-state index is -0.227. The number of benzene rings is 1. The SMILES string of the molecule is C[C@H](NC(=O)Nc1ccc(CCN2CCOCC2)cc1)c1cn[nH]c1. The van der Waals surface area contributed by atoms with Crippen LogP contribution < -0.4 is 10.6 Å². The Kier molecular flexibility index (Phi) is 6.03. The molecule has 1 atom stereocenters. The molecule has 1 aromatic heterocycles. The Morgan fingerprint density at radius 3 is 2.76 bits per heavy atom. The fraction of sp³-hybridized carbons (Fsp3) is 0.444. The third-order valence-electron chi connectivity index (χ3n) is 4.40. The van der Waals surface area contributed by atoms with Crippen LogP contribution in [0.4, 0.5) is 10.5 Å². The predicted octanol–water partition coefficient (Wildman–Crippen LogP) is 2.17. The number of morpholine rings is 1. The number of anilines is 1. The van der Waals surface area contributed by atoms with Crippen molar-refractivity contribution in [3.63, 3.8) is 0 Å². The Labute approximate surface area is 147 Å². The van der Waals surface area contributed by atoms with Gasteiger partial charge in [-0.25, -0.2) is 4.79 Å². The molecule has 25 heavy (non-hydrogen) atoms. The number of amides is 2. The molecule has 0 saturated carbocycles. The Morgan fingerprint density at radius 2 is 2.08 bits per heavy atom. The van der Waals surface area contributed by atoms with E-state index in [1.54, 1.807) is 12.4 Å². The first-order valence-corrected chi connectivity index (χ1v) is 8.66. The highest BCUT2D eigenvalue weighted by Gasteiger charge is 2.11. The minimum Gasteiger partial charge on any atom is -0.379 e. The van der Waals surface area contributed by atoms with Crippen LogP contribution in [-0.4, -0.2) is 54.0 Å². The number of nitrogens with one attached hydrogen (secondary N) is 3. The zero-order valence-corrected chi connectivity index (χ0v) is 14.5. The molecule has 1 saturated heterocycles. The summed E-state index contributed by atoms with van der Waals surface area (Å²) in [5, 5.41) is 12.4. The number of H-pyrrole nitrogens is 1. The van der Waals surface area contributed by atoms with E-state index < -0.39 is 0 Å². The van der Waals surface area contributed by atoms with E-state index in [0.717, 1.165) is 50.5 Å².